The second kappa shape index (κ2) is 6.57. The summed E-state index contributed by atoms with van der Waals surface area (Å²) in [7, 11) is 0. The minimum absolute atomic E-state index is 0.0511. The normalized spacial score (nSPS) is 17.1. The maximum atomic E-state index is 12.4. The van der Waals surface area contributed by atoms with Crippen LogP contribution in [-0.2, 0) is 4.79 Å². The number of anilines is 1. The second-order valence-corrected chi connectivity index (χ2v) is 7.09. The number of carbonyl (C=O) groups excluding carboxylic acids is 1. The Bertz CT molecular complexity index is 965. The van der Waals surface area contributed by atoms with Gasteiger partial charge in [0, 0.05) is 35.2 Å². The summed E-state index contributed by atoms with van der Waals surface area (Å²) < 4.78 is 5.47. The summed E-state index contributed by atoms with van der Waals surface area (Å²) in [5.74, 6) is 1.04. The van der Waals surface area contributed by atoms with Crippen molar-refractivity contribution in [1.82, 2.24) is 10.1 Å². The van der Waals surface area contributed by atoms with E-state index in [4.69, 9.17) is 16.1 Å². The molecule has 1 fully saturated rings. The van der Waals surface area contributed by atoms with Gasteiger partial charge in [-0.05, 0) is 49.7 Å². The second-order valence-electron chi connectivity index (χ2n) is 6.66. The number of rotatable bonds is 3. The zero-order chi connectivity index (χ0) is 18.3. The molecule has 0 radical (unpaired) electrons. The molecule has 0 saturated carbocycles. The van der Waals surface area contributed by atoms with Gasteiger partial charge in [-0.1, -0.05) is 34.5 Å². The Kier molecular flexibility index (Phi) is 4.24. The molecule has 26 heavy (non-hydrogen) atoms. The highest BCUT2D eigenvalue weighted by molar-refractivity contribution is 6.30. The maximum Gasteiger partial charge on any atom is 0.258 e. The topological polar surface area (TPSA) is 59.2 Å². The summed E-state index contributed by atoms with van der Waals surface area (Å²) in [5, 5.41) is 4.78. The van der Waals surface area contributed by atoms with Crippen molar-refractivity contribution in [3.05, 3.63) is 64.4 Å². The maximum absolute atomic E-state index is 12.4. The van der Waals surface area contributed by atoms with Gasteiger partial charge in [0.05, 0.1) is 0 Å². The first-order chi connectivity index (χ1) is 12.5. The van der Waals surface area contributed by atoms with Crippen molar-refractivity contribution in [2.75, 3.05) is 11.4 Å². The molecule has 0 spiro atoms. The molecular weight excluding hydrogens is 350 g/mol. The number of nitrogens with zero attached hydrogens (tertiary/aromatic N) is 3. The van der Waals surface area contributed by atoms with Crippen LogP contribution in [0.25, 0.3) is 11.5 Å². The van der Waals surface area contributed by atoms with Gasteiger partial charge in [0.2, 0.25) is 5.91 Å². The van der Waals surface area contributed by atoms with E-state index in [2.05, 4.69) is 16.2 Å². The molecule has 2 heterocycles. The molecule has 5 nitrogen and oxygen atoms in total. The summed E-state index contributed by atoms with van der Waals surface area (Å²) in [4.78, 5) is 18.7. The average Bonchev–Trinajstić information content (AvgIpc) is 3.23. The van der Waals surface area contributed by atoms with Gasteiger partial charge in [0.15, 0.2) is 5.82 Å². The number of carbonyl (C=O) groups is 1. The van der Waals surface area contributed by atoms with Crippen LogP contribution >= 0.6 is 11.6 Å². The smallest absolute Gasteiger partial charge is 0.258 e. The molecule has 6 heteroatoms. The van der Waals surface area contributed by atoms with Crippen LogP contribution in [0, 0.1) is 13.8 Å². The summed E-state index contributed by atoms with van der Waals surface area (Å²) in [6.07, 6.45) is 0.370. The molecule has 1 aliphatic heterocycles. The zero-order valence-corrected chi connectivity index (χ0v) is 15.3. The third-order valence-corrected chi connectivity index (χ3v) is 4.93. The van der Waals surface area contributed by atoms with Crippen LogP contribution in [0.1, 0.15) is 29.3 Å². The number of halogens is 1. The van der Waals surface area contributed by atoms with Crippen LogP contribution < -0.4 is 4.90 Å². The molecule has 1 aliphatic rings. The van der Waals surface area contributed by atoms with Crippen molar-refractivity contribution in [3.8, 4) is 11.5 Å². The number of hydrogen-bond acceptors (Lipinski definition) is 4. The van der Waals surface area contributed by atoms with Gasteiger partial charge in [-0.3, -0.25) is 4.79 Å². The first-order valence-electron chi connectivity index (χ1n) is 8.48. The third-order valence-electron chi connectivity index (χ3n) is 4.68. The number of amides is 1. The molecule has 2 aromatic carbocycles. The molecule has 0 bridgehead atoms. The van der Waals surface area contributed by atoms with Gasteiger partial charge in [-0.15, -0.1) is 0 Å². The predicted octanol–water partition coefficient (Wildman–Crippen LogP) is 4.53. The highest BCUT2D eigenvalue weighted by Gasteiger charge is 2.34. The Morgan fingerprint density at radius 1 is 1.15 bits per heavy atom. The SMILES string of the molecule is Cc1ccc(-c2nc([C@@H]3CC(=O)N(c4ccc(Cl)cc4)C3)no2)c(C)c1. The van der Waals surface area contributed by atoms with E-state index in [1.807, 2.05) is 38.1 Å². The van der Waals surface area contributed by atoms with Gasteiger partial charge in [-0.25, -0.2) is 0 Å². The molecule has 132 valence electrons. The molecule has 1 amide bonds. The predicted molar refractivity (Wildman–Crippen MR) is 100 cm³/mol. The average molecular weight is 368 g/mol. The van der Waals surface area contributed by atoms with Crippen molar-refractivity contribution in [1.29, 1.82) is 0 Å². The van der Waals surface area contributed by atoms with Gasteiger partial charge in [-0.2, -0.15) is 4.98 Å². The van der Waals surface area contributed by atoms with Crippen molar-refractivity contribution in [2.24, 2.45) is 0 Å². The van der Waals surface area contributed by atoms with Crippen molar-refractivity contribution in [2.45, 2.75) is 26.2 Å². The first kappa shape index (κ1) is 16.8. The molecule has 3 aromatic rings. The summed E-state index contributed by atoms with van der Waals surface area (Å²) in [6, 6.07) is 13.4. The van der Waals surface area contributed by atoms with Gasteiger partial charge in [0.25, 0.3) is 5.89 Å². The van der Waals surface area contributed by atoms with E-state index >= 15 is 0 Å². The summed E-state index contributed by atoms with van der Waals surface area (Å²) >= 11 is 5.93. The highest BCUT2D eigenvalue weighted by Crippen LogP contribution is 2.32. The Balaban J connectivity index is 1.57. The highest BCUT2D eigenvalue weighted by atomic mass is 35.5. The molecule has 0 unspecified atom stereocenters. The quantitative estimate of drug-likeness (QED) is 0.682. The monoisotopic (exact) mass is 367 g/mol. The van der Waals surface area contributed by atoms with Crippen LogP contribution in [0.5, 0.6) is 0 Å². The third kappa shape index (κ3) is 3.10. The van der Waals surface area contributed by atoms with Crippen molar-refractivity contribution >= 4 is 23.2 Å². The Morgan fingerprint density at radius 2 is 1.92 bits per heavy atom. The standard InChI is InChI=1S/C20H18ClN3O2/c1-12-3-8-17(13(2)9-12)20-22-19(23-26-20)14-10-18(25)24(11-14)16-6-4-15(21)5-7-16/h3-9,14H,10-11H2,1-2H3/t14-/m1/s1. The van der Waals surface area contributed by atoms with Gasteiger partial charge >= 0.3 is 0 Å². The van der Waals surface area contributed by atoms with E-state index in [0.717, 1.165) is 16.8 Å². The number of benzene rings is 2. The van der Waals surface area contributed by atoms with Crippen LogP contribution in [-0.4, -0.2) is 22.6 Å². The summed E-state index contributed by atoms with van der Waals surface area (Å²) in [6.45, 7) is 4.60. The molecule has 0 N–H and O–H groups in total. The van der Waals surface area contributed by atoms with Crippen LogP contribution in [0.3, 0.4) is 0 Å². The Hall–Kier alpha value is -2.66. The van der Waals surface area contributed by atoms with E-state index in [9.17, 15) is 4.79 Å². The molecule has 1 atom stereocenters. The molecule has 1 aromatic heterocycles. The van der Waals surface area contributed by atoms with Gasteiger partial charge < -0.3 is 9.42 Å². The van der Waals surface area contributed by atoms with Crippen molar-refractivity contribution in [3.63, 3.8) is 0 Å². The fourth-order valence-corrected chi connectivity index (χ4v) is 3.44. The minimum Gasteiger partial charge on any atom is -0.334 e. The summed E-state index contributed by atoms with van der Waals surface area (Å²) in [5.41, 5.74) is 4.03. The van der Waals surface area contributed by atoms with Gasteiger partial charge in [0.1, 0.15) is 0 Å². The van der Waals surface area contributed by atoms with Crippen LogP contribution in [0.2, 0.25) is 5.02 Å². The van der Waals surface area contributed by atoms with E-state index in [0.29, 0.717) is 29.7 Å². The molecule has 0 aliphatic carbocycles. The lowest BCUT2D eigenvalue weighted by Gasteiger charge is -2.16. The lowest BCUT2D eigenvalue weighted by molar-refractivity contribution is -0.117. The minimum atomic E-state index is -0.0820. The number of aryl methyl sites for hydroxylation is 2. The molecule has 4 rings (SSSR count). The number of aromatic nitrogens is 2. The Labute approximate surface area is 156 Å². The van der Waals surface area contributed by atoms with E-state index in [1.54, 1.807) is 17.0 Å². The van der Waals surface area contributed by atoms with Crippen molar-refractivity contribution < 1.29 is 9.32 Å². The lowest BCUT2D eigenvalue weighted by Crippen LogP contribution is -2.24. The fourth-order valence-electron chi connectivity index (χ4n) is 3.31. The first-order valence-corrected chi connectivity index (χ1v) is 8.86. The zero-order valence-electron chi connectivity index (χ0n) is 14.6. The molecule has 1 saturated heterocycles. The molecular formula is C20H18ClN3O2. The lowest BCUT2D eigenvalue weighted by atomic mass is 10.1. The van der Waals surface area contributed by atoms with E-state index < -0.39 is 0 Å². The van der Waals surface area contributed by atoms with E-state index in [1.165, 1.54) is 5.56 Å². The van der Waals surface area contributed by atoms with Crippen LogP contribution in [0.15, 0.2) is 47.0 Å². The van der Waals surface area contributed by atoms with Crippen LogP contribution in [0.4, 0.5) is 5.69 Å². The Morgan fingerprint density at radius 3 is 2.65 bits per heavy atom. The largest absolute Gasteiger partial charge is 0.334 e. The fraction of sp³-hybridized carbons (Fsp3) is 0.250. The number of hydrogen-bond donors (Lipinski definition) is 0. The van der Waals surface area contributed by atoms with E-state index in [-0.39, 0.29) is 11.8 Å².